The van der Waals surface area contributed by atoms with E-state index >= 15 is 0 Å². The van der Waals surface area contributed by atoms with Crippen molar-refractivity contribution in [2.24, 2.45) is 0 Å². The summed E-state index contributed by atoms with van der Waals surface area (Å²) >= 11 is 1.33. The molecule has 10 heteroatoms. The summed E-state index contributed by atoms with van der Waals surface area (Å²) in [7, 11) is -0.178. The van der Waals surface area contributed by atoms with Crippen LogP contribution in [0.2, 0.25) is 0 Å². The Hall–Kier alpha value is -3.47. The molecule has 0 aliphatic rings. The fourth-order valence-electron chi connectivity index (χ4n) is 4.23. The molecule has 204 valence electrons. The lowest BCUT2D eigenvalue weighted by molar-refractivity contribution is -0.128. The van der Waals surface area contributed by atoms with Crippen molar-refractivity contribution in [3.63, 3.8) is 0 Å². The molecule has 39 heavy (non-hydrogen) atoms. The van der Waals surface area contributed by atoms with Crippen LogP contribution in [0.3, 0.4) is 0 Å². The third-order valence-corrected chi connectivity index (χ3v) is 9.59. The van der Waals surface area contributed by atoms with Crippen LogP contribution in [0.1, 0.15) is 30.2 Å². The van der Waals surface area contributed by atoms with E-state index < -0.39 is 15.3 Å². The van der Waals surface area contributed by atoms with Crippen molar-refractivity contribution in [3.05, 3.63) is 96.1 Å². The van der Waals surface area contributed by atoms with E-state index in [2.05, 4.69) is 10.2 Å². The summed E-state index contributed by atoms with van der Waals surface area (Å²) in [6.07, 6.45) is 0. The number of aromatic nitrogens is 3. The molecule has 0 spiro atoms. The van der Waals surface area contributed by atoms with Crippen molar-refractivity contribution in [1.82, 2.24) is 24.0 Å². The summed E-state index contributed by atoms with van der Waals surface area (Å²) in [5.41, 5.74) is 2.53. The van der Waals surface area contributed by atoms with Crippen molar-refractivity contribution in [1.29, 1.82) is 0 Å². The smallest absolute Gasteiger partial charge is 0.243 e. The highest BCUT2D eigenvalue weighted by Crippen LogP contribution is 2.37. The van der Waals surface area contributed by atoms with Crippen LogP contribution >= 0.6 is 11.8 Å². The topological polar surface area (TPSA) is 88.4 Å². The lowest BCUT2D eigenvalue weighted by Gasteiger charge is -2.21. The van der Waals surface area contributed by atoms with Crippen LogP contribution in [0.25, 0.3) is 11.4 Å². The summed E-state index contributed by atoms with van der Waals surface area (Å²) < 4.78 is 29.9. The van der Waals surface area contributed by atoms with E-state index in [-0.39, 0.29) is 10.8 Å². The van der Waals surface area contributed by atoms with Crippen LogP contribution < -0.4 is 0 Å². The van der Waals surface area contributed by atoms with E-state index in [0.29, 0.717) is 36.2 Å². The van der Waals surface area contributed by atoms with Crippen LogP contribution in [0.5, 0.6) is 0 Å². The highest BCUT2D eigenvalue weighted by Gasteiger charge is 2.28. The molecule has 0 N–H and O–H groups in total. The molecular formula is C29H33N5O3S2. The van der Waals surface area contributed by atoms with Gasteiger partial charge in [-0.25, -0.2) is 8.42 Å². The molecule has 0 aliphatic heterocycles. The molecule has 0 bridgehead atoms. The fourth-order valence-corrected chi connectivity index (χ4v) is 6.92. The van der Waals surface area contributed by atoms with Gasteiger partial charge in [0.2, 0.25) is 15.9 Å². The average Bonchev–Trinajstić information content (AvgIpc) is 3.34. The van der Waals surface area contributed by atoms with Gasteiger partial charge in [0, 0.05) is 32.7 Å². The van der Waals surface area contributed by atoms with Gasteiger partial charge in [0.15, 0.2) is 11.0 Å². The largest absolute Gasteiger partial charge is 0.348 e. The predicted molar refractivity (Wildman–Crippen MR) is 155 cm³/mol. The van der Waals surface area contributed by atoms with E-state index in [9.17, 15) is 13.2 Å². The number of likely N-dealkylation sites (N-methyl/N-ethyl adjacent to an activating group) is 1. The van der Waals surface area contributed by atoms with E-state index in [0.717, 1.165) is 11.1 Å². The lowest BCUT2D eigenvalue weighted by atomic mass is 10.1. The Morgan fingerprint density at radius 1 is 0.897 bits per heavy atom. The SMILES string of the molecule is CCN(CC)S(=O)(=O)c1cccc(-c2nnc(S[C@H](C(=O)N(C)C)c3ccccc3)n2Cc2ccccc2)c1. The van der Waals surface area contributed by atoms with Gasteiger partial charge in [0.05, 0.1) is 11.4 Å². The van der Waals surface area contributed by atoms with Gasteiger partial charge in [0.1, 0.15) is 5.25 Å². The third-order valence-electron chi connectivity index (χ3n) is 6.33. The summed E-state index contributed by atoms with van der Waals surface area (Å²) in [6, 6.07) is 26.3. The Labute approximate surface area is 234 Å². The first-order valence-electron chi connectivity index (χ1n) is 12.8. The Morgan fingerprint density at radius 2 is 1.54 bits per heavy atom. The zero-order valence-electron chi connectivity index (χ0n) is 22.6. The molecule has 0 fully saturated rings. The molecule has 3 aromatic carbocycles. The molecule has 4 rings (SSSR count). The molecule has 0 unspecified atom stereocenters. The number of carbonyl (C=O) groups excluding carboxylic acids is 1. The number of sulfonamides is 1. The molecule has 1 aromatic heterocycles. The minimum absolute atomic E-state index is 0.0608. The number of nitrogens with zero attached hydrogens (tertiary/aromatic N) is 5. The fraction of sp³-hybridized carbons (Fsp3) is 0.276. The summed E-state index contributed by atoms with van der Waals surface area (Å²) in [6.45, 7) is 4.87. The average molecular weight is 564 g/mol. The minimum Gasteiger partial charge on any atom is -0.348 e. The van der Waals surface area contributed by atoms with E-state index in [1.54, 1.807) is 37.2 Å². The molecule has 0 saturated carbocycles. The highest BCUT2D eigenvalue weighted by molar-refractivity contribution is 8.00. The molecule has 8 nitrogen and oxygen atoms in total. The van der Waals surface area contributed by atoms with Crippen molar-refractivity contribution < 1.29 is 13.2 Å². The molecule has 4 aromatic rings. The number of hydrogen-bond acceptors (Lipinski definition) is 6. The monoisotopic (exact) mass is 563 g/mol. The van der Waals surface area contributed by atoms with Crippen LogP contribution in [-0.4, -0.2) is 65.5 Å². The molecule has 1 atom stereocenters. The van der Waals surface area contributed by atoms with Gasteiger partial charge in [0.25, 0.3) is 0 Å². The third kappa shape index (κ3) is 6.41. The van der Waals surface area contributed by atoms with Crippen LogP contribution in [0.4, 0.5) is 0 Å². The predicted octanol–water partition coefficient (Wildman–Crippen LogP) is 4.95. The lowest BCUT2D eigenvalue weighted by Crippen LogP contribution is -2.30. The summed E-state index contributed by atoms with van der Waals surface area (Å²) in [5, 5.41) is 9.04. The number of carbonyl (C=O) groups is 1. The molecule has 0 saturated heterocycles. The minimum atomic E-state index is -3.65. The number of hydrogen-bond donors (Lipinski definition) is 0. The van der Waals surface area contributed by atoms with Crippen LogP contribution in [-0.2, 0) is 21.4 Å². The van der Waals surface area contributed by atoms with Crippen LogP contribution in [0.15, 0.2) is 95.0 Å². The second-order valence-electron chi connectivity index (χ2n) is 9.14. The van der Waals surface area contributed by atoms with E-state index in [1.165, 1.54) is 16.1 Å². The Morgan fingerprint density at radius 3 is 2.15 bits per heavy atom. The Balaban J connectivity index is 1.81. The van der Waals surface area contributed by atoms with Gasteiger partial charge < -0.3 is 4.90 Å². The quantitative estimate of drug-likeness (QED) is 0.240. The Kier molecular flexibility index (Phi) is 9.21. The van der Waals surface area contributed by atoms with Crippen molar-refractivity contribution >= 4 is 27.7 Å². The number of thioether (sulfide) groups is 1. The summed E-state index contributed by atoms with van der Waals surface area (Å²) in [5.74, 6) is 0.469. The first kappa shape index (κ1) is 28.5. The van der Waals surface area contributed by atoms with Gasteiger partial charge in [-0.15, -0.1) is 10.2 Å². The zero-order chi connectivity index (χ0) is 28.0. The first-order valence-corrected chi connectivity index (χ1v) is 15.1. The first-order chi connectivity index (χ1) is 18.8. The zero-order valence-corrected chi connectivity index (χ0v) is 24.2. The molecule has 1 amide bonds. The van der Waals surface area contributed by atoms with Gasteiger partial charge in [-0.3, -0.25) is 9.36 Å². The maximum atomic E-state index is 13.2. The van der Waals surface area contributed by atoms with Crippen LogP contribution in [0, 0.1) is 0 Å². The second kappa shape index (κ2) is 12.6. The maximum Gasteiger partial charge on any atom is 0.243 e. The van der Waals surface area contributed by atoms with Crippen molar-refractivity contribution in [2.75, 3.05) is 27.2 Å². The van der Waals surface area contributed by atoms with E-state index in [1.807, 2.05) is 85.1 Å². The Bertz CT molecular complexity index is 1500. The van der Waals surface area contributed by atoms with E-state index in [4.69, 9.17) is 0 Å². The summed E-state index contributed by atoms with van der Waals surface area (Å²) in [4.78, 5) is 15.0. The standard InChI is InChI=1S/C29H33N5O3S2/c1-5-33(6-2)39(36,37)25-19-13-18-24(20-25)27-30-31-29(34(27)21-22-14-9-7-10-15-22)38-26(28(35)32(3)4)23-16-11-8-12-17-23/h7-20,26H,5-6,21H2,1-4H3/t26-/m0/s1. The van der Waals surface area contributed by atoms with Gasteiger partial charge in [-0.05, 0) is 23.3 Å². The number of benzene rings is 3. The van der Waals surface area contributed by atoms with Gasteiger partial charge in [-0.2, -0.15) is 4.31 Å². The van der Waals surface area contributed by atoms with Crippen molar-refractivity contribution in [3.8, 4) is 11.4 Å². The van der Waals surface area contributed by atoms with Crippen molar-refractivity contribution in [2.45, 2.75) is 35.7 Å². The number of rotatable bonds is 11. The molecule has 0 radical (unpaired) electrons. The molecule has 0 aliphatic carbocycles. The number of amides is 1. The highest BCUT2D eigenvalue weighted by atomic mass is 32.2. The molecule has 1 heterocycles. The van der Waals surface area contributed by atoms with Gasteiger partial charge in [-0.1, -0.05) is 98.4 Å². The van der Waals surface area contributed by atoms with Gasteiger partial charge >= 0.3 is 0 Å². The molecular weight excluding hydrogens is 530 g/mol. The maximum absolute atomic E-state index is 13.2. The normalized spacial score (nSPS) is 12.4. The second-order valence-corrected chi connectivity index (χ2v) is 12.1.